The quantitative estimate of drug-likeness (QED) is 0.775. The van der Waals surface area contributed by atoms with Crippen molar-refractivity contribution in [3.8, 4) is 5.75 Å². The van der Waals surface area contributed by atoms with Crippen LogP contribution in [0.2, 0.25) is 0 Å². The number of carbonyl (C=O) groups excluding carboxylic acids is 2. The molecule has 3 rings (SSSR count). The van der Waals surface area contributed by atoms with Gasteiger partial charge in [-0.1, -0.05) is 18.2 Å². The maximum Gasteiger partial charge on any atom is 0.319 e. The number of urea groups is 1. The summed E-state index contributed by atoms with van der Waals surface area (Å²) in [6.07, 6.45) is 0. The van der Waals surface area contributed by atoms with Crippen LogP contribution in [0.25, 0.3) is 0 Å². The molecule has 0 fully saturated rings. The van der Waals surface area contributed by atoms with E-state index in [1.165, 1.54) is 0 Å². The molecule has 1 heterocycles. The molecule has 140 valence electrons. The second-order valence-corrected chi connectivity index (χ2v) is 6.68. The lowest BCUT2D eigenvalue weighted by Crippen LogP contribution is -2.45. The van der Waals surface area contributed by atoms with Crippen molar-refractivity contribution in [2.75, 3.05) is 12.4 Å². The molecule has 0 aliphatic carbocycles. The molecule has 2 aromatic carbocycles. The van der Waals surface area contributed by atoms with Crippen molar-refractivity contribution in [1.29, 1.82) is 0 Å². The Morgan fingerprint density at radius 2 is 1.78 bits per heavy atom. The summed E-state index contributed by atoms with van der Waals surface area (Å²) in [5, 5.41) is 8.46. The monoisotopic (exact) mass is 365 g/mol. The van der Waals surface area contributed by atoms with Crippen molar-refractivity contribution >= 4 is 17.6 Å². The Bertz CT molecular complexity index is 914. The van der Waals surface area contributed by atoms with E-state index >= 15 is 0 Å². The fourth-order valence-corrected chi connectivity index (χ4v) is 3.31. The van der Waals surface area contributed by atoms with Crippen LogP contribution in [0.15, 0.2) is 53.7 Å². The first-order chi connectivity index (χ1) is 12.9. The normalized spacial score (nSPS) is 16.4. The van der Waals surface area contributed by atoms with Gasteiger partial charge in [0.05, 0.1) is 18.7 Å². The molecule has 3 N–H and O–H groups in total. The number of ether oxygens (including phenoxy) is 1. The molecule has 2 aromatic rings. The van der Waals surface area contributed by atoms with E-state index in [4.69, 9.17) is 4.74 Å². The standard InChI is InChI=1S/C21H23N3O3/c1-12-8-13(2)10-16(9-12)23-20(25)18-14(3)22-21(26)24-19(18)15-6-5-7-17(11-15)27-4/h5-11,19H,1-4H3,(H,23,25)(H2,22,24,26)/t19-/m1/s1. The first-order valence-corrected chi connectivity index (χ1v) is 8.69. The molecule has 6 nitrogen and oxygen atoms in total. The second kappa shape index (κ2) is 7.53. The van der Waals surface area contributed by atoms with Crippen LogP contribution in [0.1, 0.15) is 29.7 Å². The summed E-state index contributed by atoms with van der Waals surface area (Å²) in [4.78, 5) is 25.1. The molecule has 1 aliphatic rings. The van der Waals surface area contributed by atoms with Crippen LogP contribution in [0, 0.1) is 13.8 Å². The molecule has 0 saturated heterocycles. The van der Waals surface area contributed by atoms with Gasteiger partial charge in [0.2, 0.25) is 0 Å². The van der Waals surface area contributed by atoms with Gasteiger partial charge in [-0.05, 0) is 61.7 Å². The van der Waals surface area contributed by atoms with Crippen LogP contribution >= 0.6 is 0 Å². The predicted molar refractivity (Wildman–Crippen MR) is 105 cm³/mol. The minimum Gasteiger partial charge on any atom is -0.497 e. The fourth-order valence-electron chi connectivity index (χ4n) is 3.31. The number of hydrogen-bond acceptors (Lipinski definition) is 3. The maximum absolute atomic E-state index is 13.1. The largest absolute Gasteiger partial charge is 0.497 e. The summed E-state index contributed by atoms with van der Waals surface area (Å²) in [7, 11) is 1.58. The van der Waals surface area contributed by atoms with E-state index in [2.05, 4.69) is 16.0 Å². The van der Waals surface area contributed by atoms with Crippen LogP contribution < -0.4 is 20.7 Å². The molecule has 0 saturated carbocycles. The SMILES string of the molecule is COc1cccc([C@H]2NC(=O)NC(C)=C2C(=O)Nc2cc(C)cc(C)c2)c1. The molecule has 27 heavy (non-hydrogen) atoms. The van der Waals surface area contributed by atoms with Gasteiger partial charge in [0.15, 0.2) is 0 Å². The van der Waals surface area contributed by atoms with Crippen molar-refractivity contribution in [3.05, 3.63) is 70.4 Å². The van der Waals surface area contributed by atoms with Crippen molar-refractivity contribution in [2.24, 2.45) is 0 Å². The molecular formula is C21H23N3O3. The number of amides is 3. The molecule has 0 bridgehead atoms. The first kappa shape index (κ1) is 18.5. The number of anilines is 1. The number of hydrogen-bond donors (Lipinski definition) is 3. The molecule has 0 unspecified atom stereocenters. The van der Waals surface area contributed by atoms with Gasteiger partial charge in [-0.2, -0.15) is 0 Å². The number of allylic oxidation sites excluding steroid dienone is 1. The van der Waals surface area contributed by atoms with E-state index in [0.717, 1.165) is 22.4 Å². The first-order valence-electron chi connectivity index (χ1n) is 8.69. The minimum atomic E-state index is -0.570. The third-order valence-corrected chi connectivity index (χ3v) is 4.42. The third-order valence-electron chi connectivity index (χ3n) is 4.42. The van der Waals surface area contributed by atoms with Crippen molar-refractivity contribution in [2.45, 2.75) is 26.8 Å². The molecule has 1 atom stereocenters. The van der Waals surface area contributed by atoms with Gasteiger partial charge in [-0.3, -0.25) is 4.79 Å². The number of carbonyl (C=O) groups is 2. The molecule has 0 radical (unpaired) electrons. The summed E-state index contributed by atoms with van der Waals surface area (Å²) in [5.41, 5.74) is 4.61. The van der Waals surface area contributed by atoms with Gasteiger partial charge >= 0.3 is 6.03 Å². The molecule has 0 spiro atoms. The lowest BCUT2D eigenvalue weighted by molar-refractivity contribution is -0.113. The van der Waals surface area contributed by atoms with E-state index in [9.17, 15) is 9.59 Å². The molecular weight excluding hydrogens is 342 g/mol. The number of nitrogens with one attached hydrogen (secondary N) is 3. The smallest absolute Gasteiger partial charge is 0.319 e. The Kier molecular flexibility index (Phi) is 5.16. The van der Waals surface area contributed by atoms with Crippen LogP contribution in [-0.2, 0) is 4.79 Å². The Hall–Kier alpha value is -3.28. The summed E-state index contributed by atoms with van der Waals surface area (Å²) < 4.78 is 5.27. The van der Waals surface area contributed by atoms with Gasteiger partial charge in [0, 0.05) is 11.4 Å². The average Bonchev–Trinajstić information content (AvgIpc) is 2.60. The van der Waals surface area contributed by atoms with E-state index < -0.39 is 6.04 Å². The van der Waals surface area contributed by atoms with E-state index in [0.29, 0.717) is 17.0 Å². The Balaban J connectivity index is 1.96. The Labute approximate surface area is 158 Å². The van der Waals surface area contributed by atoms with Crippen molar-refractivity contribution in [3.63, 3.8) is 0 Å². The number of methoxy groups -OCH3 is 1. The average molecular weight is 365 g/mol. The lowest BCUT2D eigenvalue weighted by Gasteiger charge is -2.29. The van der Waals surface area contributed by atoms with E-state index in [1.807, 2.05) is 56.3 Å². The van der Waals surface area contributed by atoms with Crippen LogP contribution in [0.3, 0.4) is 0 Å². The van der Waals surface area contributed by atoms with Gasteiger partial charge in [-0.15, -0.1) is 0 Å². The lowest BCUT2D eigenvalue weighted by atomic mass is 9.94. The van der Waals surface area contributed by atoms with Crippen LogP contribution in [-0.4, -0.2) is 19.0 Å². The summed E-state index contributed by atoms with van der Waals surface area (Å²) >= 11 is 0. The molecule has 6 heteroatoms. The van der Waals surface area contributed by atoms with Gasteiger partial charge in [-0.25, -0.2) is 4.79 Å². The minimum absolute atomic E-state index is 0.266. The zero-order chi connectivity index (χ0) is 19.6. The van der Waals surface area contributed by atoms with Gasteiger partial charge < -0.3 is 20.7 Å². The number of rotatable bonds is 4. The summed E-state index contributed by atoms with van der Waals surface area (Å²) in [6.45, 7) is 5.69. The Morgan fingerprint density at radius 1 is 1.07 bits per heavy atom. The van der Waals surface area contributed by atoms with E-state index in [1.54, 1.807) is 14.0 Å². The zero-order valence-corrected chi connectivity index (χ0v) is 15.8. The molecule has 3 amide bonds. The highest BCUT2D eigenvalue weighted by Crippen LogP contribution is 2.30. The van der Waals surface area contributed by atoms with Crippen molar-refractivity contribution in [1.82, 2.24) is 10.6 Å². The third kappa shape index (κ3) is 4.11. The van der Waals surface area contributed by atoms with Crippen LogP contribution in [0.4, 0.5) is 10.5 Å². The van der Waals surface area contributed by atoms with Crippen LogP contribution in [0.5, 0.6) is 5.75 Å². The fraction of sp³-hybridized carbons (Fsp3) is 0.238. The highest BCUT2D eigenvalue weighted by Gasteiger charge is 2.31. The topological polar surface area (TPSA) is 79.5 Å². The maximum atomic E-state index is 13.1. The summed E-state index contributed by atoms with van der Waals surface area (Å²) in [5.74, 6) is 0.393. The van der Waals surface area contributed by atoms with E-state index in [-0.39, 0.29) is 11.9 Å². The number of benzene rings is 2. The van der Waals surface area contributed by atoms with Crippen molar-refractivity contribution < 1.29 is 14.3 Å². The molecule has 1 aliphatic heterocycles. The predicted octanol–water partition coefficient (Wildman–Crippen LogP) is 3.58. The highest BCUT2D eigenvalue weighted by atomic mass is 16.5. The Morgan fingerprint density at radius 3 is 2.44 bits per heavy atom. The zero-order valence-electron chi connectivity index (χ0n) is 15.8. The molecule has 0 aromatic heterocycles. The highest BCUT2D eigenvalue weighted by molar-refractivity contribution is 6.06. The number of aryl methyl sites for hydroxylation is 2. The van der Waals surface area contributed by atoms with Gasteiger partial charge in [0.25, 0.3) is 5.91 Å². The summed E-state index contributed by atoms with van der Waals surface area (Å²) in [6, 6.07) is 12.3. The second-order valence-electron chi connectivity index (χ2n) is 6.68. The van der Waals surface area contributed by atoms with Gasteiger partial charge in [0.1, 0.15) is 5.75 Å².